The highest BCUT2D eigenvalue weighted by Crippen LogP contribution is 2.26. The van der Waals surface area contributed by atoms with E-state index in [1.165, 1.54) is 11.3 Å². The van der Waals surface area contributed by atoms with Crippen LogP contribution in [-0.4, -0.2) is 22.5 Å². The Morgan fingerprint density at radius 2 is 2.64 bits per heavy atom. The summed E-state index contributed by atoms with van der Waals surface area (Å²) in [5, 5.41) is 10.4. The van der Waals surface area contributed by atoms with Crippen LogP contribution in [0.25, 0.3) is 0 Å². The standard InChI is InChI=1S/C6H8BrNO2S/c1-10-6-8-3-5(11-6)4(9)2-7/h3-4,9H,2H2,1H3. The van der Waals surface area contributed by atoms with Gasteiger partial charge in [-0.3, -0.25) is 0 Å². The van der Waals surface area contributed by atoms with Crippen LogP contribution in [-0.2, 0) is 0 Å². The molecule has 3 nitrogen and oxygen atoms in total. The van der Waals surface area contributed by atoms with Gasteiger partial charge in [-0.1, -0.05) is 27.3 Å². The predicted molar refractivity (Wildman–Crippen MR) is 47.4 cm³/mol. The average molecular weight is 238 g/mol. The molecular weight excluding hydrogens is 230 g/mol. The summed E-state index contributed by atoms with van der Waals surface area (Å²) >= 11 is 4.52. The third-order valence-electron chi connectivity index (χ3n) is 1.15. The van der Waals surface area contributed by atoms with Gasteiger partial charge in [0, 0.05) is 11.5 Å². The minimum absolute atomic E-state index is 0.476. The molecule has 0 saturated carbocycles. The molecule has 0 fully saturated rings. The monoisotopic (exact) mass is 237 g/mol. The van der Waals surface area contributed by atoms with Crippen LogP contribution in [0.15, 0.2) is 6.20 Å². The molecule has 0 aliphatic carbocycles. The number of halogens is 1. The zero-order chi connectivity index (χ0) is 8.27. The zero-order valence-corrected chi connectivity index (χ0v) is 8.35. The van der Waals surface area contributed by atoms with Gasteiger partial charge in [0.1, 0.15) is 0 Å². The maximum atomic E-state index is 9.31. The van der Waals surface area contributed by atoms with Gasteiger partial charge < -0.3 is 9.84 Å². The Morgan fingerprint density at radius 3 is 3.09 bits per heavy atom. The van der Waals surface area contributed by atoms with Crippen molar-refractivity contribution in [2.45, 2.75) is 6.10 Å². The van der Waals surface area contributed by atoms with E-state index in [1.54, 1.807) is 13.3 Å². The van der Waals surface area contributed by atoms with E-state index in [1.807, 2.05) is 0 Å². The number of aromatic nitrogens is 1. The molecule has 0 aromatic carbocycles. The predicted octanol–water partition coefficient (Wildman–Crippen LogP) is 1.58. The Kier molecular flexibility index (Phi) is 3.29. The molecule has 0 saturated heterocycles. The summed E-state index contributed by atoms with van der Waals surface area (Å²) in [6.45, 7) is 0. The summed E-state index contributed by atoms with van der Waals surface area (Å²) in [7, 11) is 1.56. The van der Waals surface area contributed by atoms with Crippen molar-refractivity contribution in [2.24, 2.45) is 0 Å². The van der Waals surface area contributed by atoms with Crippen molar-refractivity contribution in [1.29, 1.82) is 0 Å². The molecule has 0 aliphatic heterocycles. The van der Waals surface area contributed by atoms with Gasteiger partial charge in [0.25, 0.3) is 5.19 Å². The van der Waals surface area contributed by atoms with E-state index >= 15 is 0 Å². The van der Waals surface area contributed by atoms with E-state index in [9.17, 15) is 5.11 Å². The zero-order valence-electron chi connectivity index (χ0n) is 5.95. The van der Waals surface area contributed by atoms with Crippen molar-refractivity contribution in [3.63, 3.8) is 0 Å². The quantitative estimate of drug-likeness (QED) is 0.813. The lowest BCUT2D eigenvalue weighted by Gasteiger charge is -1.99. The van der Waals surface area contributed by atoms with Crippen molar-refractivity contribution >= 4 is 27.3 Å². The molecule has 0 radical (unpaired) electrons. The third-order valence-corrected chi connectivity index (χ3v) is 2.82. The fourth-order valence-corrected chi connectivity index (χ4v) is 1.87. The van der Waals surface area contributed by atoms with Crippen LogP contribution < -0.4 is 4.74 Å². The average Bonchev–Trinajstić information content (AvgIpc) is 2.50. The SMILES string of the molecule is COc1ncc(C(O)CBr)s1. The van der Waals surface area contributed by atoms with Gasteiger partial charge in [0.2, 0.25) is 0 Å². The van der Waals surface area contributed by atoms with Crippen LogP contribution >= 0.6 is 27.3 Å². The summed E-state index contributed by atoms with van der Waals surface area (Å²) in [4.78, 5) is 4.74. The molecule has 1 atom stereocenters. The Morgan fingerprint density at radius 1 is 1.91 bits per heavy atom. The largest absolute Gasteiger partial charge is 0.473 e. The second kappa shape index (κ2) is 4.04. The van der Waals surface area contributed by atoms with Gasteiger partial charge in [0.05, 0.1) is 18.1 Å². The number of rotatable bonds is 3. The van der Waals surface area contributed by atoms with Crippen LogP contribution in [0.2, 0.25) is 0 Å². The number of hydrogen-bond acceptors (Lipinski definition) is 4. The van der Waals surface area contributed by atoms with Gasteiger partial charge in [-0.05, 0) is 0 Å². The van der Waals surface area contributed by atoms with Gasteiger partial charge in [-0.25, -0.2) is 4.98 Å². The maximum absolute atomic E-state index is 9.31. The molecule has 1 heterocycles. The molecule has 11 heavy (non-hydrogen) atoms. The number of aliphatic hydroxyl groups is 1. The van der Waals surface area contributed by atoms with Crippen molar-refractivity contribution in [3.8, 4) is 5.19 Å². The molecule has 62 valence electrons. The number of alkyl halides is 1. The second-order valence-electron chi connectivity index (χ2n) is 1.90. The van der Waals surface area contributed by atoms with E-state index in [0.29, 0.717) is 10.5 Å². The molecule has 1 unspecified atom stereocenters. The third kappa shape index (κ3) is 2.15. The number of nitrogens with zero attached hydrogens (tertiary/aromatic N) is 1. The van der Waals surface area contributed by atoms with Crippen LogP contribution in [0.4, 0.5) is 0 Å². The number of hydrogen-bond donors (Lipinski definition) is 1. The number of aliphatic hydroxyl groups excluding tert-OH is 1. The summed E-state index contributed by atoms with van der Waals surface area (Å²) < 4.78 is 4.87. The fourth-order valence-electron chi connectivity index (χ4n) is 0.594. The van der Waals surface area contributed by atoms with Gasteiger partial charge in [-0.2, -0.15) is 0 Å². The fraction of sp³-hybridized carbons (Fsp3) is 0.500. The van der Waals surface area contributed by atoms with Crippen LogP contribution in [0, 0.1) is 0 Å². The lowest BCUT2D eigenvalue weighted by atomic mass is 10.4. The number of thiazole rings is 1. The lowest BCUT2D eigenvalue weighted by molar-refractivity contribution is 0.209. The molecule has 0 amide bonds. The maximum Gasteiger partial charge on any atom is 0.273 e. The Labute approximate surface area is 77.2 Å². The highest BCUT2D eigenvalue weighted by atomic mass is 79.9. The molecule has 1 aromatic heterocycles. The summed E-state index contributed by atoms with van der Waals surface area (Å²) in [6, 6.07) is 0. The normalized spacial score (nSPS) is 13.0. The Bertz CT molecular complexity index is 228. The second-order valence-corrected chi connectivity index (χ2v) is 3.58. The minimum atomic E-state index is -0.476. The van der Waals surface area contributed by atoms with Crippen LogP contribution in [0.3, 0.4) is 0 Å². The van der Waals surface area contributed by atoms with Gasteiger partial charge in [0.15, 0.2) is 0 Å². The molecule has 1 rings (SSSR count). The molecule has 0 spiro atoms. The molecule has 1 N–H and O–H groups in total. The first-order valence-corrected chi connectivity index (χ1v) is 4.95. The summed E-state index contributed by atoms with van der Waals surface area (Å²) in [5.74, 6) is 0. The van der Waals surface area contributed by atoms with Crippen LogP contribution in [0.5, 0.6) is 5.19 Å². The van der Waals surface area contributed by atoms with Crippen molar-refractivity contribution in [3.05, 3.63) is 11.1 Å². The Hall–Kier alpha value is -0.130. The smallest absolute Gasteiger partial charge is 0.273 e. The van der Waals surface area contributed by atoms with Crippen molar-refractivity contribution in [1.82, 2.24) is 4.98 Å². The first kappa shape index (κ1) is 8.96. The van der Waals surface area contributed by atoms with Crippen molar-refractivity contribution < 1.29 is 9.84 Å². The Balaban J connectivity index is 2.71. The molecule has 5 heteroatoms. The highest BCUT2D eigenvalue weighted by Gasteiger charge is 2.09. The molecular formula is C6H8BrNO2S. The molecule has 0 bridgehead atoms. The van der Waals surface area contributed by atoms with Crippen molar-refractivity contribution in [2.75, 3.05) is 12.4 Å². The highest BCUT2D eigenvalue weighted by molar-refractivity contribution is 9.09. The van der Waals surface area contributed by atoms with E-state index < -0.39 is 6.10 Å². The summed E-state index contributed by atoms with van der Waals surface area (Å²) in [6.07, 6.45) is 1.14. The van der Waals surface area contributed by atoms with Gasteiger partial charge in [-0.15, -0.1) is 0 Å². The first-order chi connectivity index (χ1) is 5.27. The summed E-state index contributed by atoms with van der Waals surface area (Å²) in [5.41, 5.74) is 0. The van der Waals surface area contributed by atoms with Gasteiger partial charge >= 0.3 is 0 Å². The van der Waals surface area contributed by atoms with E-state index in [0.717, 1.165) is 4.88 Å². The van der Waals surface area contributed by atoms with E-state index in [4.69, 9.17) is 4.74 Å². The molecule has 0 aliphatic rings. The number of ether oxygens (including phenoxy) is 1. The van der Waals surface area contributed by atoms with Crippen LogP contribution in [0.1, 0.15) is 11.0 Å². The minimum Gasteiger partial charge on any atom is -0.473 e. The van der Waals surface area contributed by atoms with E-state index in [-0.39, 0.29) is 0 Å². The molecule has 1 aromatic rings. The first-order valence-electron chi connectivity index (χ1n) is 3.01. The van der Waals surface area contributed by atoms with E-state index in [2.05, 4.69) is 20.9 Å². The topological polar surface area (TPSA) is 42.4 Å². The lowest BCUT2D eigenvalue weighted by Crippen LogP contribution is -1.93. The number of methoxy groups -OCH3 is 1.